The van der Waals surface area contributed by atoms with Gasteiger partial charge >= 0.3 is 5.97 Å². The van der Waals surface area contributed by atoms with Crippen molar-refractivity contribution in [1.82, 2.24) is 5.32 Å². The third-order valence-electron chi connectivity index (χ3n) is 5.37. The summed E-state index contributed by atoms with van der Waals surface area (Å²) in [6, 6.07) is 1.91. The van der Waals surface area contributed by atoms with E-state index in [9.17, 15) is 14.7 Å². The summed E-state index contributed by atoms with van der Waals surface area (Å²) in [4.78, 5) is 27.0. The second-order valence-electron chi connectivity index (χ2n) is 7.09. The molecule has 2 heterocycles. The van der Waals surface area contributed by atoms with Crippen LogP contribution in [0.25, 0.3) is 0 Å². The first-order chi connectivity index (χ1) is 11.6. The molecule has 0 bridgehead atoms. The Balaban J connectivity index is 1.88. The molecule has 1 aromatic rings. The van der Waals surface area contributed by atoms with Gasteiger partial charge in [-0.1, -0.05) is 6.92 Å². The van der Waals surface area contributed by atoms with E-state index < -0.39 is 5.97 Å². The topological polar surface area (TPSA) is 69.6 Å². The van der Waals surface area contributed by atoms with Crippen molar-refractivity contribution in [2.45, 2.75) is 51.5 Å². The lowest BCUT2D eigenvalue weighted by molar-refractivity contribution is -0.124. The van der Waals surface area contributed by atoms with Crippen molar-refractivity contribution in [2.75, 3.05) is 18.0 Å². The third kappa shape index (κ3) is 3.64. The molecule has 5 nitrogen and oxygen atoms in total. The van der Waals surface area contributed by atoms with Crippen molar-refractivity contribution in [3.8, 4) is 0 Å². The van der Waals surface area contributed by atoms with Crippen LogP contribution in [0.2, 0.25) is 0 Å². The van der Waals surface area contributed by atoms with Gasteiger partial charge in [-0.05, 0) is 69.0 Å². The average Bonchev–Trinajstić information content (AvgIpc) is 3.06. The van der Waals surface area contributed by atoms with Crippen LogP contribution in [0.15, 0.2) is 11.4 Å². The van der Waals surface area contributed by atoms with E-state index in [1.54, 1.807) is 11.4 Å². The molecule has 1 amide bonds. The summed E-state index contributed by atoms with van der Waals surface area (Å²) in [7, 11) is 0. The quantitative estimate of drug-likeness (QED) is 0.874. The molecule has 1 aromatic heterocycles. The number of piperidine rings is 1. The lowest BCUT2D eigenvalue weighted by Gasteiger charge is -2.38. The van der Waals surface area contributed by atoms with Crippen molar-refractivity contribution in [1.29, 1.82) is 0 Å². The molecule has 0 spiro atoms. The molecule has 2 N–H and O–H groups in total. The lowest BCUT2D eigenvalue weighted by atomic mass is 9.82. The van der Waals surface area contributed by atoms with E-state index in [2.05, 4.69) is 12.2 Å². The molecule has 3 rings (SSSR count). The summed E-state index contributed by atoms with van der Waals surface area (Å²) in [6.07, 6.45) is 5.79. The maximum atomic E-state index is 13.3. The molecule has 0 aromatic carbocycles. The molecule has 1 aliphatic heterocycles. The Labute approximate surface area is 147 Å². The Kier molecular flexibility index (Phi) is 5.56. The van der Waals surface area contributed by atoms with Crippen LogP contribution in [0.3, 0.4) is 0 Å². The summed E-state index contributed by atoms with van der Waals surface area (Å²) >= 11 is 1.21. The number of carboxylic acid groups (broad SMARTS) is 1. The largest absolute Gasteiger partial charge is 0.477 e. The van der Waals surface area contributed by atoms with Crippen molar-refractivity contribution in [2.24, 2.45) is 11.8 Å². The van der Waals surface area contributed by atoms with E-state index >= 15 is 0 Å². The number of amides is 1. The van der Waals surface area contributed by atoms with Crippen LogP contribution >= 0.6 is 11.3 Å². The fourth-order valence-corrected chi connectivity index (χ4v) is 4.64. The number of carbonyl (C=O) groups is 2. The number of carbonyl (C=O) groups excluding carboxylic acids is 1. The SMILES string of the molecule is CC1CCC(C(=O)N(c2ccsc2C(=O)O)C2CCNCC2)CC1. The minimum atomic E-state index is -0.941. The smallest absolute Gasteiger partial charge is 0.348 e. The van der Waals surface area contributed by atoms with Gasteiger partial charge in [0.25, 0.3) is 0 Å². The number of aromatic carboxylic acids is 1. The summed E-state index contributed by atoms with van der Waals surface area (Å²) < 4.78 is 0. The third-order valence-corrected chi connectivity index (χ3v) is 6.27. The van der Waals surface area contributed by atoms with Gasteiger partial charge in [-0.2, -0.15) is 0 Å². The van der Waals surface area contributed by atoms with Crippen molar-refractivity contribution < 1.29 is 14.7 Å². The van der Waals surface area contributed by atoms with E-state index in [1.807, 2.05) is 4.90 Å². The van der Waals surface area contributed by atoms with Crippen LogP contribution in [0.1, 0.15) is 55.1 Å². The summed E-state index contributed by atoms with van der Waals surface area (Å²) in [6.45, 7) is 4.00. The van der Waals surface area contributed by atoms with Gasteiger partial charge in [-0.3, -0.25) is 4.79 Å². The van der Waals surface area contributed by atoms with Gasteiger partial charge in [0.15, 0.2) is 0 Å². The van der Waals surface area contributed by atoms with Crippen LogP contribution < -0.4 is 10.2 Å². The zero-order valence-electron chi connectivity index (χ0n) is 14.2. The summed E-state index contributed by atoms with van der Waals surface area (Å²) in [5, 5.41) is 14.6. The highest BCUT2D eigenvalue weighted by molar-refractivity contribution is 7.12. The Morgan fingerprint density at radius 3 is 2.46 bits per heavy atom. The van der Waals surface area contributed by atoms with Crippen LogP contribution in [-0.4, -0.2) is 36.1 Å². The Morgan fingerprint density at radius 2 is 1.83 bits per heavy atom. The van der Waals surface area contributed by atoms with Crippen molar-refractivity contribution in [3.05, 3.63) is 16.3 Å². The van der Waals surface area contributed by atoms with E-state index in [0.29, 0.717) is 11.6 Å². The number of nitrogens with one attached hydrogen (secondary N) is 1. The zero-order chi connectivity index (χ0) is 17.1. The molecule has 24 heavy (non-hydrogen) atoms. The van der Waals surface area contributed by atoms with Gasteiger partial charge in [0.2, 0.25) is 5.91 Å². The first-order valence-corrected chi connectivity index (χ1v) is 9.80. The fourth-order valence-electron chi connectivity index (χ4n) is 3.92. The van der Waals surface area contributed by atoms with Crippen LogP contribution in [0, 0.1) is 11.8 Å². The highest BCUT2D eigenvalue weighted by Crippen LogP contribution is 2.35. The molecule has 6 heteroatoms. The number of anilines is 1. The molecule has 132 valence electrons. The Bertz CT molecular complexity index is 587. The minimum absolute atomic E-state index is 0.0395. The molecule has 2 aliphatic rings. The molecular weight excluding hydrogens is 324 g/mol. The first kappa shape index (κ1) is 17.4. The predicted molar refractivity (Wildman–Crippen MR) is 95.8 cm³/mol. The fraction of sp³-hybridized carbons (Fsp3) is 0.667. The first-order valence-electron chi connectivity index (χ1n) is 8.92. The molecular formula is C18H26N2O3S. The lowest BCUT2D eigenvalue weighted by Crippen LogP contribution is -2.49. The Morgan fingerprint density at radius 1 is 1.17 bits per heavy atom. The maximum Gasteiger partial charge on any atom is 0.348 e. The Hall–Kier alpha value is -1.40. The molecule has 1 saturated heterocycles. The summed E-state index contributed by atoms with van der Waals surface area (Å²) in [5.41, 5.74) is 0.600. The molecule has 1 aliphatic carbocycles. The minimum Gasteiger partial charge on any atom is -0.477 e. The normalized spacial score (nSPS) is 25.4. The monoisotopic (exact) mass is 350 g/mol. The number of rotatable bonds is 4. The van der Waals surface area contributed by atoms with E-state index in [4.69, 9.17) is 0 Å². The predicted octanol–water partition coefficient (Wildman–Crippen LogP) is 3.36. The van der Waals surface area contributed by atoms with E-state index in [-0.39, 0.29) is 22.7 Å². The van der Waals surface area contributed by atoms with Gasteiger partial charge in [-0.15, -0.1) is 11.3 Å². The second kappa shape index (κ2) is 7.66. The van der Waals surface area contributed by atoms with E-state index in [0.717, 1.165) is 51.6 Å². The molecule has 1 saturated carbocycles. The van der Waals surface area contributed by atoms with Crippen molar-refractivity contribution in [3.63, 3.8) is 0 Å². The van der Waals surface area contributed by atoms with E-state index in [1.165, 1.54) is 11.3 Å². The number of hydrogen-bond acceptors (Lipinski definition) is 4. The van der Waals surface area contributed by atoms with Gasteiger partial charge in [0.05, 0.1) is 5.69 Å². The maximum absolute atomic E-state index is 13.3. The second-order valence-corrected chi connectivity index (χ2v) is 8.00. The molecule has 2 fully saturated rings. The number of carboxylic acids is 1. The van der Waals surface area contributed by atoms with Crippen LogP contribution in [0.4, 0.5) is 5.69 Å². The van der Waals surface area contributed by atoms with Gasteiger partial charge in [0.1, 0.15) is 4.88 Å². The summed E-state index contributed by atoms with van der Waals surface area (Å²) in [5.74, 6) is -0.0755. The standard InChI is InChI=1S/C18H26N2O3S/c1-12-2-4-13(5-3-12)17(21)20(14-6-9-19-10-7-14)15-8-11-24-16(15)18(22)23/h8,11-14,19H,2-7,9-10H2,1H3,(H,22,23). The average molecular weight is 350 g/mol. The van der Waals surface area contributed by atoms with Gasteiger partial charge < -0.3 is 15.3 Å². The zero-order valence-corrected chi connectivity index (χ0v) is 15.0. The number of hydrogen-bond donors (Lipinski definition) is 2. The number of thiophene rings is 1. The highest BCUT2D eigenvalue weighted by atomic mass is 32.1. The molecule has 0 unspecified atom stereocenters. The van der Waals surface area contributed by atoms with Crippen LogP contribution in [0.5, 0.6) is 0 Å². The molecule has 0 radical (unpaired) electrons. The molecule has 0 atom stereocenters. The van der Waals surface area contributed by atoms with Gasteiger partial charge in [0, 0.05) is 12.0 Å². The number of nitrogens with zero attached hydrogens (tertiary/aromatic N) is 1. The van der Waals surface area contributed by atoms with Gasteiger partial charge in [-0.25, -0.2) is 4.79 Å². The highest BCUT2D eigenvalue weighted by Gasteiger charge is 2.35. The van der Waals surface area contributed by atoms with Crippen LogP contribution in [-0.2, 0) is 4.79 Å². The van der Waals surface area contributed by atoms with Crippen molar-refractivity contribution >= 4 is 28.9 Å².